The quantitative estimate of drug-likeness (QED) is 0.675. The van der Waals surface area contributed by atoms with E-state index in [-0.39, 0.29) is 13.4 Å². The number of nitrogens with zero attached hydrogens (tertiary/aromatic N) is 1. The van der Waals surface area contributed by atoms with Crippen molar-refractivity contribution in [3.8, 4) is 0 Å². The fraction of sp³-hybridized carbons (Fsp3) is 0.158. The minimum Gasteiger partial charge on any atom is -0.427 e. The maximum atomic E-state index is 12.6. The molecule has 156 valence electrons. The third-order valence-electron chi connectivity index (χ3n) is 4.36. The van der Waals surface area contributed by atoms with Gasteiger partial charge in [-0.1, -0.05) is 29.6 Å². The Morgan fingerprint density at radius 1 is 1.10 bits per heavy atom. The molecule has 30 heavy (non-hydrogen) atoms. The van der Waals surface area contributed by atoms with Gasteiger partial charge in [0.1, 0.15) is 0 Å². The van der Waals surface area contributed by atoms with E-state index in [2.05, 4.69) is 15.5 Å². The van der Waals surface area contributed by atoms with Crippen LogP contribution in [0.25, 0.3) is 0 Å². The van der Waals surface area contributed by atoms with Gasteiger partial charge in [0.2, 0.25) is 0 Å². The smallest absolute Gasteiger partial charge is 0.417 e. The van der Waals surface area contributed by atoms with Crippen molar-refractivity contribution in [3.63, 3.8) is 0 Å². The van der Waals surface area contributed by atoms with Crippen LogP contribution in [0, 0.1) is 0 Å². The van der Waals surface area contributed by atoms with Gasteiger partial charge in [-0.25, -0.2) is 13.4 Å². The van der Waals surface area contributed by atoms with Crippen LogP contribution in [0.4, 0.5) is 13.2 Å². The van der Waals surface area contributed by atoms with E-state index in [4.69, 9.17) is 0 Å². The molecule has 0 saturated heterocycles. The van der Waals surface area contributed by atoms with Crippen LogP contribution in [0.1, 0.15) is 15.9 Å². The predicted molar refractivity (Wildman–Crippen MR) is 107 cm³/mol. The van der Waals surface area contributed by atoms with Crippen LogP contribution in [0.2, 0.25) is 0 Å². The third kappa shape index (κ3) is 5.29. The summed E-state index contributed by atoms with van der Waals surface area (Å²) in [4.78, 5) is 15.6. The molecule has 0 bridgehead atoms. The minimum absolute atomic E-state index is 0.00786. The van der Waals surface area contributed by atoms with Crippen molar-refractivity contribution >= 4 is 28.1 Å². The zero-order valence-corrected chi connectivity index (χ0v) is 16.4. The van der Waals surface area contributed by atoms with Crippen LogP contribution < -0.4 is 16.0 Å². The van der Waals surface area contributed by atoms with Gasteiger partial charge in [-0.15, -0.1) is 0 Å². The second kappa shape index (κ2) is 8.74. The first-order chi connectivity index (χ1) is 14.2. The molecule has 0 atom stereocenters. The van der Waals surface area contributed by atoms with Crippen molar-refractivity contribution in [2.45, 2.75) is 11.2 Å². The third-order valence-corrected chi connectivity index (χ3v) is 5.98. The number of hydrogen-bond donors (Lipinski definition) is 2. The molecule has 1 aromatic heterocycles. The highest BCUT2D eigenvalue weighted by atomic mass is 32.2. The lowest BCUT2D eigenvalue weighted by Gasteiger charge is -2.12. The van der Waals surface area contributed by atoms with Gasteiger partial charge in [-0.2, -0.15) is 13.2 Å². The van der Waals surface area contributed by atoms with E-state index in [1.165, 1.54) is 0 Å². The molecular formula is C19H17BF3N3O3S. The summed E-state index contributed by atoms with van der Waals surface area (Å²) in [5.41, 5.74) is 0.287. The number of benzene rings is 1. The first-order valence-corrected chi connectivity index (χ1v) is 10.6. The van der Waals surface area contributed by atoms with Gasteiger partial charge >= 0.3 is 13.0 Å². The van der Waals surface area contributed by atoms with Gasteiger partial charge in [-0.05, 0) is 36.5 Å². The van der Waals surface area contributed by atoms with Gasteiger partial charge in [0.15, 0.2) is 14.9 Å². The van der Waals surface area contributed by atoms with E-state index in [9.17, 15) is 26.4 Å². The lowest BCUT2D eigenvalue weighted by atomic mass is 9.55. The maximum Gasteiger partial charge on any atom is 0.417 e. The number of alkyl halides is 3. The lowest BCUT2D eigenvalue weighted by Crippen LogP contribution is -2.41. The van der Waals surface area contributed by atoms with Crippen LogP contribution >= 0.6 is 0 Å². The second-order valence-electron chi connectivity index (χ2n) is 6.47. The number of pyridine rings is 1. The molecule has 0 spiro atoms. The molecule has 6 nitrogen and oxygen atoms in total. The topological polar surface area (TPSA) is 88.2 Å². The number of allylic oxidation sites excluding steroid dienone is 2. The normalized spacial score (nSPS) is 13.8. The summed E-state index contributed by atoms with van der Waals surface area (Å²) >= 11 is 0. The monoisotopic (exact) mass is 435 g/mol. The Bertz CT molecular complexity index is 1070. The lowest BCUT2D eigenvalue weighted by molar-refractivity contribution is -0.137. The highest BCUT2D eigenvalue weighted by molar-refractivity contribution is 7.91. The average Bonchev–Trinajstić information content (AvgIpc) is 2.74. The molecule has 0 aliphatic carbocycles. The number of rotatable bonds is 6. The highest BCUT2D eigenvalue weighted by Crippen LogP contribution is 2.28. The first kappa shape index (κ1) is 21.6. The Kier molecular flexibility index (Phi) is 6.30. The zero-order valence-electron chi connectivity index (χ0n) is 15.6. The Morgan fingerprint density at radius 3 is 2.40 bits per heavy atom. The standard InChI is InChI=1S/C19H17BF3N3O3S/c21-19(22,23)15-5-8-17(25-13-15)30(28,29)12-11-24-18(27)14-3-6-16(7-4-14)20-9-1-2-10-26-20/h1-10,13,26H,11-12H2,(H,24,27). The summed E-state index contributed by atoms with van der Waals surface area (Å²) in [6.07, 6.45) is 1.47. The summed E-state index contributed by atoms with van der Waals surface area (Å²) < 4.78 is 62.1. The van der Waals surface area contributed by atoms with Crippen LogP contribution in [0.15, 0.2) is 71.9 Å². The molecule has 2 aromatic rings. The summed E-state index contributed by atoms with van der Waals surface area (Å²) in [5.74, 6) is 1.03. The number of hydrogen-bond acceptors (Lipinski definition) is 5. The van der Waals surface area contributed by atoms with Crippen molar-refractivity contribution in [2.75, 3.05) is 12.3 Å². The number of sulfone groups is 1. The Hall–Kier alpha value is -3.08. The van der Waals surface area contributed by atoms with E-state index in [1.807, 2.05) is 24.3 Å². The highest BCUT2D eigenvalue weighted by Gasteiger charge is 2.31. The molecule has 0 radical (unpaired) electrons. The predicted octanol–water partition coefficient (Wildman–Crippen LogP) is 1.71. The molecule has 11 heteroatoms. The number of carbonyl (C=O) groups is 1. The van der Waals surface area contributed by atoms with Gasteiger partial charge < -0.3 is 10.5 Å². The Balaban J connectivity index is 1.55. The maximum absolute atomic E-state index is 12.6. The van der Waals surface area contributed by atoms with E-state index in [0.717, 1.165) is 11.5 Å². The first-order valence-electron chi connectivity index (χ1n) is 8.90. The molecule has 3 rings (SSSR count). The number of amides is 1. The molecule has 2 N–H and O–H groups in total. The minimum atomic E-state index is -4.60. The molecule has 1 amide bonds. The molecule has 0 saturated carbocycles. The molecule has 2 heterocycles. The zero-order chi connectivity index (χ0) is 21.8. The van der Waals surface area contributed by atoms with Gasteiger partial charge in [0.05, 0.1) is 11.3 Å². The fourth-order valence-corrected chi connectivity index (χ4v) is 3.80. The van der Waals surface area contributed by atoms with Gasteiger partial charge in [0, 0.05) is 18.3 Å². The van der Waals surface area contributed by atoms with Gasteiger partial charge in [-0.3, -0.25) is 4.79 Å². The Labute approximate surface area is 171 Å². The molecule has 1 aromatic carbocycles. The number of halogens is 3. The van der Waals surface area contributed by atoms with E-state index < -0.39 is 38.3 Å². The average molecular weight is 435 g/mol. The Morgan fingerprint density at radius 2 is 1.83 bits per heavy atom. The summed E-state index contributed by atoms with van der Waals surface area (Å²) in [7, 11) is -3.94. The summed E-state index contributed by atoms with van der Waals surface area (Å²) in [5, 5.41) is 5.18. The van der Waals surface area contributed by atoms with Crippen LogP contribution in [0.5, 0.6) is 0 Å². The van der Waals surface area contributed by atoms with E-state index in [1.54, 1.807) is 24.3 Å². The van der Waals surface area contributed by atoms with Crippen molar-refractivity contribution in [1.29, 1.82) is 0 Å². The molecule has 0 unspecified atom stereocenters. The van der Waals surface area contributed by atoms with Crippen molar-refractivity contribution in [3.05, 3.63) is 78.0 Å². The van der Waals surface area contributed by atoms with Gasteiger partial charge in [0.25, 0.3) is 5.91 Å². The second-order valence-corrected chi connectivity index (χ2v) is 8.52. The number of aromatic nitrogens is 1. The molecular weight excluding hydrogens is 418 g/mol. The number of carbonyl (C=O) groups excluding carboxylic acids is 1. The van der Waals surface area contributed by atoms with Crippen molar-refractivity contribution in [2.24, 2.45) is 0 Å². The summed E-state index contributed by atoms with van der Waals surface area (Å²) in [6, 6.07) is 8.31. The largest absolute Gasteiger partial charge is 0.427 e. The van der Waals surface area contributed by atoms with Crippen LogP contribution in [-0.2, 0) is 16.0 Å². The van der Waals surface area contributed by atoms with Crippen LogP contribution in [-0.4, -0.2) is 38.5 Å². The molecule has 1 aliphatic heterocycles. The summed E-state index contributed by atoms with van der Waals surface area (Å²) in [6.45, 7) is -0.197. The number of nitrogens with one attached hydrogen (secondary N) is 2. The van der Waals surface area contributed by atoms with E-state index >= 15 is 0 Å². The van der Waals surface area contributed by atoms with Crippen LogP contribution in [0.3, 0.4) is 0 Å². The van der Waals surface area contributed by atoms with E-state index in [0.29, 0.717) is 17.8 Å². The fourth-order valence-electron chi connectivity index (χ4n) is 2.73. The molecule has 0 fully saturated rings. The SMILES string of the molecule is O=C(NCCS(=O)(=O)c1ccc(C(F)(F)F)cn1)c1ccc(B2C=CC=CN2)cc1. The van der Waals surface area contributed by atoms with Crippen molar-refractivity contribution in [1.82, 2.24) is 15.5 Å². The molecule has 1 aliphatic rings. The van der Waals surface area contributed by atoms with Crippen molar-refractivity contribution < 1.29 is 26.4 Å².